The molecule has 0 heterocycles. The number of carboxylic acids is 1. The number of hydrogen-bond donors (Lipinski definition) is 2. The van der Waals surface area contributed by atoms with Crippen molar-refractivity contribution in [1.29, 1.82) is 0 Å². The summed E-state index contributed by atoms with van der Waals surface area (Å²) in [6.07, 6.45) is 1.37. The molecule has 0 aliphatic carbocycles. The minimum atomic E-state index is -1.22. The molecule has 0 fully saturated rings. The molecule has 0 bridgehead atoms. The van der Waals surface area contributed by atoms with Crippen LogP contribution in [0.4, 0.5) is 0 Å². The first-order chi connectivity index (χ1) is 12.3. The summed E-state index contributed by atoms with van der Waals surface area (Å²) in [4.78, 5) is 22.3. The Morgan fingerprint density at radius 3 is 2.19 bits per heavy atom. The van der Waals surface area contributed by atoms with E-state index in [1.54, 1.807) is 12.1 Å². The third-order valence-corrected chi connectivity index (χ3v) is 4.88. The molecule has 2 aromatic rings. The SMILES string of the molecule is CC(=O)NC(=Cc1cc(Br)c(OCc2ccc(Br)cc2)c(Br)c1)C(=O)O. The Bertz CT molecular complexity index is 840. The predicted octanol–water partition coefficient (Wildman–Crippen LogP) is 5.11. The second-order valence-corrected chi connectivity index (χ2v) is 7.90. The van der Waals surface area contributed by atoms with Crippen LogP contribution >= 0.6 is 47.8 Å². The number of benzene rings is 2. The minimum absolute atomic E-state index is 0.208. The van der Waals surface area contributed by atoms with Gasteiger partial charge in [0.05, 0.1) is 8.95 Å². The van der Waals surface area contributed by atoms with Gasteiger partial charge in [0.15, 0.2) is 0 Å². The summed E-state index contributed by atoms with van der Waals surface area (Å²) in [5.74, 6) is -1.07. The van der Waals surface area contributed by atoms with Gasteiger partial charge in [-0.25, -0.2) is 4.79 Å². The zero-order valence-electron chi connectivity index (χ0n) is 13.6. The van der Waals surface area contributed by atoms with Gasteiger partial charge in [-0.15, -0.1) is 0 Å². The number of carboxylic acid groups (broad SMARTS) is 1. The molecule has 26 heavy (non-hydrogen) atoms. The van der Waals surface area contributed by atoms with Crippen molar-refractivity contribution < 1.29 is 19.4 Å². The topological polar surface area (TPSA) is 75.6 Å². The first-order valence-corrected chi connectivity index (χ1v) is 9.73. The summed E-state index contributed by atoms with van der Waals surface area (Å²) in [5.41, 5.74) is 1.39. The minimum Gasteiger partial charge on any atom is -0.487 e. The van der Waals surface area contributed by atoms with Crippen LogP contribution in [0.15, 0.2) is 55.5 Å². The molecule has 0 aromatic heterocycles. The van der Waals surface area contributed by atoms with E-state index in [2.05, 4.69) is 53.1 Å². The highest BCUT2D eigenvalue weighted by Crippen LogP contribution is 2.36. The second-order valence-electron chi connectivity index (χ2n) is 5.27. The normalized spacial score (nSPS) is 11.2. The lowest BCUT2D eigenvalue weighted by atomic mass is 10.2. The number of amides is 1. The Balaban J connectivity index is 2.22. The molecule has 0 aliphatic rings. The fourth-order valence-corrected chi connectivity index (χ4v) is 3.76. The van der Waals surface area contributed by atoms with E-state index in [0.717, 1.165) is 10.0 Å². The summed E-state index contributed by atoms with van der Waals surface area (Å²) < 4.78 is 8.15. The lowest BCUT2D eigenvalue weighted by Gasteiger charge is -2.12. The number of aliphatic carboxylic acids is 1. The molecule has 2 rings (SSSR count). The van der Waals surface area contributed by atoms with Gasteiger partial charge in [-0.2, -0.15) is 0 Å². The maximum Gasteiger partial charge on any atom is 0.352 e. The monoisotopic (exact) mass is 545 g/mol. The largest absolute Gasteiger partial charge is 0.487 e. The fraction of sp³-hybridized carbons (Fsp3) is 0.111. The lowest BCUT2D eigenvalue weighted by Crippen LogP contribution is -2.24. The van der Waals surface area contributed by atoms with Crippen LogP contribution < -0.4 is 10.1 Å². The summed E-state index contributed by atoms with van der Waals surface area (Å²) in [5, 5.41) is 11.5. The maximum atomic E-state index is 11.2. The van der Waals surface area contributed by atoms with Gasteiger partial charge in [0.25, 0.3) is 0 Å². The van der Waals surface area contributed by atoms with Crippen LogP contribution in [0, 0.1) is 0 Å². The number of carbonyl (C=O) groups excluding carboxylic acids is 1. The van der Waals surface area contributed by atoms with Gasteiger partial charge in [0.1, 0.15) is 18.1 Å². The van der Waals surface area contributed by atoms with Crippen molar-refractivity contribution in [3.63, 3.8) is 0 Å². The van der Waals surface area contributed by atoms with Gasteiger partial charge in [-0.3, -0.25) is 4.79 Å². The molecule has 0 spiro atoms. The average Bonchev–Trinajstić information content (AvgIpc) is 2.54. The van der Waals surface area contributed by atoms with Gasteiger partial charge in [-0.05, 0) is 73.3 Å². The molecule has 0 radical (unpaired) electrons. The van der Waals surface area contributed by atoms with Crippen LogP contribution in [0.3, 0.4) is 0 Å². The number of carbonyl (C=O) groups is 2. The molecule has 8 heteroatoms. The molecule has 1 amide bonds. The Morgan fingerprint density at radius 2 is 1.69 bits per heavy atom. The average molecular weight is 548 g/mol. The van der Waals surface area contributed by atoms with E-state index < -0.39 is 11.9 Å². The molecule has 0 unspecified atom stereocenters. The maximum absolute atomic E-state index is 11.2. The molecule has 0 atom stereocenters. The van der Waals surface area contributed by atoms with E-state index in [9.17, 15) is 14.7 Å². The summed E-state index contributed by atoms with van der Waals surface area (Å²) >= 11 is 10.3. The molecule has 5 nitrogen and oxygen atoms in total. The zero-order valence-corrected chi connectivity index (χ0v) is 18.3. The van der Waals surface area contributed by atoms with Crippen molar-refractivity contribution in [1.82, 2.24) is 5.32 Å². The van der Waals surface area contributed by atoms with Crippen molar-refractivity contribution >= 4 is 65.7 Å². The van der Waals surface area contributed by atoms with Crippen LogP contribution in [0.5, 0.6) is 5.75 Å². The Hall–Kier alpha value is -1.64. The van der Waals surface area contributed by atoms with Gasteiger partial charge in [0.2, 0.25) is 5.91 Å². The first-order valence-electron chi connectivity index (χ1n) is 7.35. The van der Waals surface area contributed by atoms with Crippen LogP contribution in [0.1, 0.15) is 18.1 Å². The fourth-order valence-electron chi connectivity index (χ4n) is 2.04. The van der Waals surface area contributed by atoms with E-state index in [0.29, 0.717) is 26.9 Å². The number of hydrogen-bond acceptors (Lipinski definition) is 3. The number of rotatable bonds is 6. The predicted molar refractivity (Wildman–Crippen MR) is 110 cm³/mol. The molecule has 136 valence electrons. The molecule has 0 saturated carbocycles. The van der Waals surface area contributed by atoms with Crippen molar-refractivity contribution in [2.75, 3.05) is 0 Å². The van der Waals surface area contributed by atoms with Crippen molar-refractivity contribution in [2.45, 2.75) is 13.5 Å². The summed E-state index contributed by atoms with van der Waals surface area (Å²) in [6.45, 7) is 1.63. The number of nitrogens with one attached hydrogen (secondary N) is 1. The van der Waals surface area contributed by atoms with Crippen LogP contribution in [0.2, 0.25) is 0 Å². The van der Waals surface area contributed by atoms with Crippen molar-refractivity contribution in [2.24, 2.45) is 0 Å². The van der Waals surface area contributed by atoms with Gasteiger partial charge in [0, 0.05) is 11.4 Å². The molecule has 0 saturated heterocycles. The number of halogens is 3. The molecular formula is C18H14Br3NO4. The van der Waals surface area contributed by atoms with E-state index in [4.69, 9.17) is 4.74 Å². The van der Waals surface area contributed by atoms with Gasteiger partial charge < -0.3 is 15.2 Å². The Morgan fingerprint density at radius 1 is 1.12 bits per heavy atom. The van der Waals surface area contributed by atoms with Gasteiger partial charge in [-0.1, -0.05) is 28.1 Å². The number of ether oxygens (including phenoxy) is 1. The Kier molecular flexibility index (Phi) is 7.43. The van der Waals surface area contributed by atoms with E-state index in [-0.39, 0.29) is 5.70 Å². The van der Waals surface area contributed by atoms with E-state index in [1.807, 2.05) is 24.3 Å². The summed E-state index contributed by atoms with van der Waals surface area (Å²) in [7, 11) is 0. The van der Waals surface area contributed by atoms with Gasteiger partial charge >= 0.3 is 5.97 Å². The third kappa shape index (κ3) is 5.96. The lowest BCUT2D eigenvalue weighted by molar-refractivity contribution is -0.134. The first kappa shape index (κ1) is 20.7. The highest BCUT2D eigenvalue weighted by molar-refractivity contribution is 9.11. The standard InChI is InChI=1S/C18H14Br3NO4/c1-10(23)22-16(18(24)25)8-12-6-14(20)17(15(21)7-12)26-9-11-2-4-13(19)5-3-11/h2-8H,9H2,1H3,(H,22,23)(H,24,25). The van der Waals surface area contributed by atoms with Crippen LogP contribution in [-0.2, 0) is 16.2 Å². The quantitative estimate of drug-likeness (QED) is 0.493. The molecule has 2 aromatic carbocycles. The summed E-state index contributed by atoms with van der Waals surface area (Å²) in [6, 6.07) is 11.2. The molecule has 0 aliphatic heterocycles. The highest BCUT2D eigenvalue weighted by atomic mass is 79.9. The molecule has 2 N–H and O–H groups in total. The van der Waals surface area contributed by atoms with Crippen LogP contribution in [-0.4, -0.2) is 17.0 Å². The smallest absolute Gasteiger partial charge is 0.352 e. The molecular weight excluding hydrogens is 534 g/mol. The van der Waals surface area contributed by atoms with E-state index in [1.165, 1.54) is 13.0 Å². The Labute approximate surface area is 175 Å². The van der Waals surface area contributed by atoms with Crippen molar-refractivity contribution in [3.05, 3.63) is 66.6 Å². The van der Waals surface area contributed by atoms with E-state index >= 15 is 0 Å². The third-order valence-electron chi connectivity index (χ3n) is 3.17. The second kappa shape index (κ2) is 9.34. The highest BCUT2D eigenvalue weighted by Gasteiger charge is 2.12. The van der Waals surface area contributed by atoms with Crippen LogP contribution in [0.25, 0.3) is 6.08 Å². The van der Waals surface area contributed by atoms with Crippen molar-refractivity contribution in [3.8, 4) is 5.75 Å². The zero-order chi connectivity index (χ0) is 19.3.